The van der Waals surface area contributed by atoms with E-state index in [1.54, 1.807) is 22.7 Å². The second kappa shape index (κ2) is 3.34. The Morgan fingerprint density at radius 1 is 1.50 bits per heavy atom. The zero-order valence-corrected chi connectivity index (χ0v) is 9.36. The van der Waals surface area contributed by atoms with Crippen molar-refractivity contribution in [3.63, 3.8) is 0 Å². The normalized spacial score (nSPS) is 22.4. The first-order valence-electron chi connectivity index (χ1n) is 4.57. The first-order valence-corrected chi connectivity index (χ1v) is 6.26. The number of hydrogen-bond acceptors (Lipinski definition) is 4. The van der Waals surface area contributed by atoms with Crippen LogP contribution in [-0.2, 0) is 9.31 Å². The van der Waals surface area contributed by atoms with Crippen LogP contribution in [0.1, 0.15) is 6.92 Å². The second-order valence-corrected chi connectivity index (χ2v) is 5.47. The Morgan fingerprint density at radius 2 is 2.43 bits per heavy atom. The van der Waals surface area contributed by atoms with Crippen LogP contribution < -0.4 is 4.78 Å². The molecule has 0 aromatic carbocycles. The Balaban J connectivity index is 1.94. The molecule has 1 atom stereocenters. The Bertz CT molecular complexity index is 422. The molecule has 3 rings (SSSR count). The van der Waals surface area contributed by atoms with Crippen molar-refractivity contribution in [2.45, 2.75) is 13.0 Å². The molecule has 0 saturated carbocycles. The lowest BCUT2D eigenvalue weighted by Gasteiger charge is -2.00. The maximum absolute atomic E-state index is 5.64. The molecule has 0 aliphatic carbocycles. The average Bonchev–Trinajstić information content (AvgIpc) is 2.75. The van der Waals surface area contributed by atoms with E-state index in [0.29, 0.717) is 6.61 Å². The molecule has 14 heavy (non-hydrogen) atoms. The van der Waals surface area contributed by atoms with Gasteiger partial charge < -0.3 is 9.31 Å². The van der Waals surface area contributed by atoms with Crippen molar-refractivity contribution >= 4 is 44.0 Å². The quantitative estimate of drug-likeness (QED) is 0.690. The Kier molecular flexibility index (Phi) is 2.13. The first kappa shape index (κ1) is 8.91. The highest BCUT2D eigenvalue weighted by molar-refractivity contribution is 7.32. The summed E-state index contributed by atoms with van der Waals surface area (Å²) >= 11 is 3.53. The third kappa shape index (κ3) is 1.41. The van der Waals surface area contributed by atoms with E-state index in [2.05, 4.69) is 17.5 Å². The minimum Gasteiger partial charge on any atom is -0.404 e. The summed E-state index contributed by atoms with van der Waals surface area (Å²) in [6.45, 7) is 2.74. The predicted octanol–water partition coefficient (Wildman–Crippen LogP) is 2.09. The Hall–Kier alpha value is -0.355. The number of fused-ring (bicyclic) bond motifs is 1. The fourth-order valence-corrected chi connectivity index (χ4v) is 3.67. The zero-order chi connectivity index (χ0) is 9.54. The maximum Gasteiger partial charge on any atom is 0.504 e. The summed E-state index contributed by atoms with van der Waals surface area (Å²) in [5, 5.41) is 2.12. The van der Waals surface area contributed by atoms with Crippen molar-refractivity contribution in [2.24, 2.45) is 0 Å². The lowest BCUT2D eigenvalue weighted by atomic mass is 9.88. The standard InChI is InChI=1S/C9H9BO2S2/c1-6-5-11-10(12-6)9-4-8-7(14-9)2-3-13-8/h2-4,6H,5H2,1H3. The van der Waals surface area contributed by atoms with Gasteiger partial charge in [-0.25, -0.2) is 0 Å². The van der Waals surface area contributed by atoms with Crippen molar-refractivity contribution in [3.05, 3.63) is 17.5 Å². The van der Waals surface area contributed by atoms with Gasteiger partial charge in [0, 0.05) is 14.2 Å². The molecule has 0 N–H and O–H groups in total. The highest BCUT2D eigenvalue weighted by Gasteiger charge is 2.32. The van der Waals surface area contributed by atoms with Crippen LogP contribution in [0, 0.1) is 0 Å². The van der Waals surface area contributed by atoms with E-state index in [4.69, 9.17) is 9.31 Å². The first-order chi connectivity index (χ1) is 6.83. The van der Waals surface area contributed by atoms with Crippen LogP contribution in [0.25, 0.3) is 9.40 Å². The van der Waals surface area contributed by atoms with Crippen molar-refractivity contribution < 1.29 is 9.31 Å². The molecule has 1 aliphatic heterocycles. The van der Waals surface area contributed by atoms with Gasteiger partial charge in [0.2, 0.25) is 0 Å². The molecule has 1 saturated heterocycles. The van der Waals surface area contributed by atoms with E-state index in [0.717, 1.165) is 0 Å². The lowest BCUT2D eigenvalue weighted by Crippen LogP contribution is -2.29. The molecule has 2 nitrogen and oxygen atoms in total. The minimum atomic E-state index is -0.130. The van der Waals surface area contributed by atoms with Crippen LogP contribution in [-0.4, -0.2) is 19.8 Å². The van der Waals surface area contributed by atoms with E-state index in [1.807, 2.05) is 6.92 Å². The summed E-state index contributed by atoms with van der Waals surface area (Å²) < 4.78 is 15.0. The smallest absolute Gasteiger partial charge is 0.404 e. The van der Waals surface area contributed by atoms with Crippen LogP contribution in [0.15, 0.2) is 17.5 Å². The largest absolute Gasteiger partial charge is 0.504 e. The fraction of sp³-hybridized carbons (Fsp3) is 0.333. The Morgan fingerprint density at radius 3 is 3.14 bits per heavy atom. The molecule has 1 fully saturated rings. The summed E-state index contributed by atoms with van der Waals surface area (Å²) in [7, 11) is -0.130. The van der Waals surface area contributed by atoms with Crippen molar-refractivity contribution in [1.82, 2.24) is 0 Å². The number of rotatable bonds is 1. The minimum absolute atomic E-state index is 0.130. The van der Waals surface area contributed by atoms with Gasteiger partial charge in [-0.3, -0.25) is 0 Å². The van der Waals surface area contributed by atoms with E-state index in [1.165, 1.54) is 14.2 Å². The van der Waals surface area contributed by atoms with Gasteiger partial charge in [-0.05, 0) is 24.4 Å². The lowest BCUT2D eigenvalue weighted by molar-refractivity contribution is 0.258. The third-order valence-corrected chi connectivity index (χ3v) is 4.34. The van der Waals surface area contributed by atoms with Gasteiger partial charge in [0.15, 0.2) is 0 Å². The number of hydrogen-bond donors (Lipinski definition) is 0. The Labute approximate surface area is 90.6 Å². The summed E-state index contributed by atoms with van der Waals surface area (Å²) in [5.74, 6) is 0. The van der Waals surface area contributed by atoms with E-state index < -0.39 is 0 Å². The SMILES string of the molecule is CC1COB(c2cc3sccc3s2)O1. The van der Waals surface area contributed by atoms with Crippen molar-refractivity contribution in [3.8, 4) is 0 Å². The monoisotopic (exact) mass is 224 g/mol. The van der Waals surface area contributed by atoms with Gasteiger partial charge in [-0.2, -0.15) is 0 Å². The van der Waals surface area contributed by atoms with Crippen LogP contribution in [0.3, 0.4) is 0 Å². The summed E-state index contributed by atoms with van der Waals surface area (Å²) in [5.41, 5.74) is 0. The summed E-state index contributed by atoms with van der Waals surface area (Å²) in [6, 6.07) is 4.32. The third-order valence-electron chi connectivity index (χ3n) is 2.23. The maximum atomic E-state index is 5.64. The molecule has 1 aliphatic rings. The van der Waals surface area contributed by atoms with Crippen LogP contribution >= 0.6 is 22.7 Å². The summed E-state index contributed by atoms with van der Waals surface area (Å²) in [4.78, 5) is 0. The molecular formula is C9H9BO2S2. The number of thiophene rings is 2. The van der Waals surface area contributed by atoms with E-state index in [9.17, 15) is 0 Å². The van der Waals surface area contributed by atoms with Gasteiger partial charge >= 0.3 is 7.12 Å². The molecule has 72 valence electrons. The molecule has 0 bridgehead atoms. The van der Waals surface area contributed by atoms with Gasteiger partial charge in [0.25, 0.3) is 0 Å². The predicted molar refractivity (Wildman–Crippen MR) is 61.6 cm³/mol. The molecule has 5 heteroatoms. The van der Waals surface area contributed by atoms with Crippen LogP contribution in [0.4, 0.5) is 0 Å². The fourth-order valence-electron chi connectivity index (χ4n) is 1.56. The molecule has 3 heterocycles. The van der Waals surface area contributed by atoms with Crippen molar-refractivity contribution in [2.75, 3.05) is 6.61 Å². The molecule has 0 amide bonds. The topological polar surface area (TPSA) is 18.5 Å². The molecular weight excluding hydrogens is 215 g/mol. The molecule has 0 spiro atoms. The van der Waals surface area contributed by atoms with Crippen LogP contribution in [0.2, 0.25) is 0 Å². The van der Waals surface area contributed by atoms with E-state index in [-0.39, 0.29) is 13.2 Å². The van der Waals surface area contributed by atoms with Gasteiger partial charge in [0.1, 0.15) is 0 Å². The molecule has 1 unspecified atom stereocenters. The van der Waals surface area contributed by atoms with Gasteiger partial charge in [0.05, 0.1) is 12.7 Å². The zero-order valence-electron chi connectivity index (χ0n) is 7.73. The highest BCUT2D eigenvalue weighted by Crippen LogP contribution is 2.25. The summed E-state index contributed by atoms with van der Waals surface area (Å²) in [6.07, 6.45) is 0.222. The molecule has 2 aromatic rings. The van der Waals surface area contributed by atoms with Crippen molar-refractivity contribution in [1.29, 1.82) is 0 Å². The second-order valence-electron chi connectivity index (χ2n) is 3.41. The highest BCUT2D eigenvalue weighted by atomic mass is 32.1. The van der Waals surface area contributed by atoms with E-state index >= 15 is 0 Å². The van der Waals surface area contributed by atoms with Gasteiger partial charge in [-0.1, -0.05) is 0 Å². The molecule has 0 radical (unpaired) electrons. The van der Waals surface area contributed by atoms with Gasteiger partial charge in [-0.15, -0.1) is 22.7 Å². The van der Waals surface area contributed by atoms with Crippen LogP contribution in [0.5, 0.6) is 0 Å². The average molecular weight is 224 g/mol. The molecule has 2 aromatic heterocycles.